The second kappa shape index (κ2) is 4.67. The molecule has 0 atom stereocenters. The van der Waals surface area contributed by atoms with Gasteiger partial charge in [-0.05, 0) is 11.5 Å². The molecule has 2 aromatic heterocycles. The van der Waals surface area contributed by atoms with Gasteiger partial charge in [-0.1, -0.05) is 18.2 Å². The SMILES string of the molecule is OCc1c(/C=N/n2cnnc2)sc2ccccc12. The quantitative estimate of drug-likeness (QED) is 0.729. The van der Waals surface area contributed by atoms with Crippen molar-refractivity contribution in [3.05, 3.63) is 47.4 Å². The number of rotatable bonds is 3. The van der Waals surface area contributed by atoms with E-state index in [4.69, 9.17) is 0 Å². The zero-order valence-corrected chi connectivity index (χ0v) is 10.2. The summed E-state index contributed by atoms with van der Waals surface area (Å²) in [7, 11) is 0. The highest BCUT2D eigenvalue weighted by Crippen LogP contribution is 2.30. The average Bonchev–Trinajstić information content (AvgIpc) is 3.03. The number of fused-ring (bicyclic) bond motifs is 1. The van der Waals surface area contributed by atoms with Crippen LogP contribution in [0.4, 0.5) is 0 Å². The fraction of sp³-hybridized carbons (Fsp3) is 0.0833. The number of thiophene rings is 1. The number of nitrogens with zero attached hydrogens (tertiary/aromatic N) is 4. The predicted molar refractivity (Wildman–Crippen MR) is 70.8 cm³/mol. The molecule has 0 aliphatic carbocycles. The fourth-order valence-corrected chi connectivity index (χ4v) is 2.84. The van der Waals surface area contributed by atoms with Crippen LogP contribution in [0.2, 0.25) is 0 Å². The Morgan fingerprint density at radius 1 is 1.28 bits per heavy atom. The molecular weight excluding hydrogens is 248 g/mol. The first-order valence-corrected chi connectivity index (χ1v) is 6.20. The lowest BCUT2D eigenvalue weighted by atomic mass is 10.1. The van der Waals surface area contributed by atoms with Crippen molar-refractivity contribution in [1.29, 1.82) is 0 Å². The summed E-state index contributed by atoms with van der Waals surface area (Å²) in [5.74, 6) is 0. The van der Waals surface area contributed by atoms with Crippen LogP contribution in [0.3, 0.4) is 0 Å². The highest BCUT2D eigenvalue weighted by atomic mass is 32.1. The molecule has 0 spiro atoms. The molecule has 0 radical (unpaired) electrons. The molecule has 0 unspecified atom stereocenters. The van der Waals surface area contributed by atoms with Gasteiger partial charge in [0.2, 0.25) is 0 Å². The Hall–Kier alpha value is -2.05. The molecule has 0 fully saturated rings. The third-order valence-corrected chi connectivity index (χ3v) is 3.75. The Morgan fingerprint density at radius 3 is 2.83 bits per heavy atom. The highest BCUT2D eigenvalue weighted by molar-refractivity contribution is 7.20. The summed E-state index contributed by atoms with van der Waals surface area (Å²) < 4.78 is 2.66. The number of hydrogen-bond donors (Lipinski definition) is 1. The minimum Gasteiger partial charge on any atom is -0.392 e. The van der Waals surface area contributed by atoms with Gasteiger partial charge in [0.15, 0.2) is 0 Å². The molecule has 0 saturated carbocycles. The third-order valence-electron chi connectivity index (χ3n) is 2.60. The Bertz CT molecular complexity index is 687. The number of benzene rings is 1. The van der Waals surface area contributed by atoms with E-state index in [0.29, 0.717) is 0 Å². The topological polar surface area (TPSA) is 63.3 Å². The molecule has 2 heterocycles. The van der Waals surface area contributed by atoms with Gasteiger partial charge < -0.3 is 5.11 Å². The average molecular weight is 258 g/mol. The largest absolute Gasteiger partial charge is 0.392 e. The van der Waals surface area contributed by atoms with Gasteiger partial charge in [-0.3, -0.25) is 0 Å². The Kier molecular flexibility index (Phi) is 2.87. The van der Waals surface area contributed by atoms with Crippen LogP contribution in [0.25, 0.3) is 10.1 Å². The van der Waals surface area contributed by atoms with Crippen LogP contribution in [0.15, 0.2) is 42.0 Å². The smallest absolute Gasteiger partial charge is 0.141 e. The summed E-state index contributed by atoms with van der Waals surface area (Å²) >= 11 is 1.61. The zero-order chi connectivity index (χ0) is 12.4. The van der Waals surface area contributed by atoms with Crippen molar-refractivity contribution in [2.75, 3.05) is 0 Å². The molecule has 6 heteroatoms. The summed E-state index contributed by atoms with van der Waals surface area (Å²) in [6.45, 7) is 0.00749. The van der Waals surface area contributed by atoms with E-state index in [1.165, 1.54) is 17.3 Å². The monoisotopic (exact) mass is 258 g/mol. The molecule has 5 nitrogen and oxygen atoms in total. The fourth-order valence-electron chi connectivity index (χ4n) is 1.76. The van der Waals surface area contributed by atoms with Crippen molar-refractivity contribution in [1.82, 2.24) is 14.9 Å². The van der Waals surface area contributed by atoms with Crippen LogP contribution >= 0.6 is 11.3 Å². The Morgan fingerprint density at radius 2 is 2.06 bits per heavy atom. The molecule has 0 amide bonds. The van der Waals surface area contributed by atoms with Crippen LogP contribution in [-0.2, 0) is 6.61 Å². The van der Waals surface area contributed by atoms with Gasteiger partial charge in [0.25, 0.3) is 0 Å². The molecule has 3 aromatic rings. The normalized spacial score (nSPS) is 11.6. The number of aliphatic hydroxyl groups is 1. The van der Waals surface area contributed by atoms with Crippen molar-refractivity contribution in [3.63, 3.8) is 0 Å². The Balaban J connectivity index is 2.06. The summed E-state index contributed by atoms with van der Waals surface area (Å²) in [4.78, 5) is 0.951. The van der Waals surface area contributed by atoms with Gasteiger partial charge in [-0.2, -0.15) is 5.10 Å². The second-order valence-electron chi connectivity index (χ2n) is 3.69. The van der Waals surface area contributed by atoms with E-state index >= 15 is 0 Å². The number of hydrogen-bond acceptors (Lipinski definition) is 5. The molecule has 1 aromatic carbocycles. The van der Waals surface area contributed by atoms with Gasteiger partial charge in [-0.25, -0.2) is 4.68 Å². The maximum absolute atomic E-state index is 9.48. The minimum absolute atomic E-state index is 0.00749. The van der Waals surface area contributed by atoms with E-state index in [9.17, 15) is 5.11 Å². The van der Waals surface area contributed by atoms with Gasteiger partial charge in [0, 0.05) is 10.3 Å². The van der Waals surface area contributed by atoms with Gasteiger partial charge >= 0.3 is 0 Å². The summed E-state index contributed by atoms with van der Waals surface area (Å²) in [5.41, 5.74) is 0.910. The first-order valence-electron chi connectivity index (χ1n) is 5.39. The molecule has 1 N–H and O–H groups in total. The Labute approximate surface area is 107 Å². The summed E-state index contributed by atoms with van der Waals surface area (Å²) in [5, 5.41) is 22.1. The number of aromatic nitrogens is 3. The molecule has 0 aliphatic rings. The van der Waals surface area contributed by atoms with Crippen LogP contribution in [0, 0.1) is 0 Å². The molecule has 0 aliphatic heterocycles. The molecule has 0 saturated heterocycles. The standard InChI is InChI=1S/C12H10N4OS/c17-6-10-9-3-1-2-4-11(9)18-12(10)5-15-16-7-13-14-8-16/h1-5,7-8,17H,6H2/b15-5+. The lowest BCUT2D eigenvalue weighted by Crippen LogP contribution is -1.90. The van der Waals surface area contributed by atoms with Gasteiger partial charge in [0.05, 0.1) is 17.7 Å². The highest BCUT2D eigenvalue weighted by Gasteiger charge is 2.08. The second-order valence-corrected chi connectivity index (χ2v) is 4.77. The van der Waals surface area contributed by atoms with Crippen LogP contribution in [-0.4, -0.2) is 26.2 Å². The zero-order valence-electron chi connectivity index (χ0n) is 9.39. The number of aliphatic hydroxyl groups excluding tert-OH is 1. The maximum Gasteiger partial charge on any atom is 0.141 e. The minimum atomic E-state index is 0.00749. The van der Waals surface area contributed by atoms with E-state index in [2.05, 4.69) is 15.3 Å². The first kappa shape index (κ1) is 11.1. The molecular formula is C12H10N4OS. The van der Waals surface area contributed by atoms with Crippen molar-refractivity contribution >= 4 is 27.6 Å². The van der Waals surface area contributed by atoms with E-state index in [-0.39, 0.29) is 6.61 Å². The van der Waals surface area contributed by atoms with Crippen molar-refractivity contribution in [3.8, 4) is 0 Å². The first-order chi connectivity index (χ1) is 8.88. The van der Waals surface area contributed by atoms with Gasteiger partial charge in [-0.15, -0.1) is 21.5 Å². The van der Waals surface area contributed by atoms with E-state index < -0.39 is 0 Å². The summed E-state index contributed by atoms with van der Waals surface area (Å²) in [6, 6.07) is 8.00. The molecule has 0 bridgehead atoms. The van der Waals surface area contributed by atoms with Crippen LogP contribution < -0.4 is 0 Å². The van der Waals surface area contributed by atoms with Crippen molar-refractivity contribution < 1.29 is 5.11 Å². The van der Waals surface area contributed by atoms with Gasteiger partial charge in [0.1, 0.15) is 12.7 Å². The van der Waals surface area contributed by atoms with Crippen molar-refractivity contribution in [2.45, 2.75) is 6.61 Å². The van der Waals surface area contributed by atoms with E-state index in [0.717, 1.165) is 20.5 Å². The van der Waals surface area contributed by atoms with E-state index in [1.54, 1.807) is 17.6 Å². The molecule has 18 heavy (non-hydrogen) atoms. The third kappa shape index (κ3) is 1.92. The van der Waals surface area contributed by atoms with E-state index in [1.807, 2.05) is 24.3 Å². The maximum atomic E-state index is 9.48. The van der Waals surface area contributed by atoms with Crippen LogP contribution in [0.5, 0.6) is 0 Å². The molecule has 3 rings (SSSR count). The lowest BCUT2D eigenvalue weighted by Gasteiger charge is -1.95. The predicted octanol–water partition coefficient (Wildman–Crippen LogP) is 1.87. The van der Waals surface area contributed by atoms with Crippen molar-refractivity contribution in [2.24, 2.45) is 5.10 Å². The lowest BCUT2D eigenvalue weighted by molar-refractivity contribution is 0.283. The van der Waals surface area contributed by atoms with Crippen LogP contribution in [0.1, 0.15) is 10.4 Å². The summed E-state index contributed by atoms with van der Waals surface area (Å²) in [6.07, 6.45) is 4.75. The molecule has 90 valence electrons.